The van der Waals surface area contributed by atoms with E-state index in [1.165, 1.54) is 0 Å². The molecule has 2 unspecified atom stereocenters. The topological polar surface area (TPSA) is 49.4 Å². The van der Waals surface area contributed by atoms with Crippen LogP contribution >= 0.6 is 28.3 Å². The van der Waals surface area contributed by atoms with Crippen molar-refractivity contribution >= 4 is 38.4 Å². The zero-order chi connectivity index (χ0) is 14.3. The molecule has 2 aliphatic heterocycles. The lowest BCUT2D eigenvalue weighted by Gasteiger charge is -2.27. The van der Waals surface area contributed by atoms with E-state index >= 15 is 0 Å². The smallest absolute Gasteiger partial charge is 0.244 e. The number of nitrogens with zero attached hydrogens (tertiary/aromatic N) is 1. The van der Waals surface area contributed by atoms with Gasteiger partial charge in [0.15, 0.2) is 0 Å². The molecule has 2 aliphatic rings. The zero-order valence-corrected chi connectivity index (χ0v) is 15.1. The van der Waals surface area contributed by atoms with E-state index in [2.05, 4.69) is 21.2 Å². The van der Waals surface area contributed by atoms with Gasteiger partial charge in [0.05, 0.1) is 4.90 Å². The van der Waals surface area contributed by atoms with E-state index in [0.717, 1.165) is 37.9 Å². The first-order valence-corrected chi connectivity index (χ1v) is 9.24. The fraction of sp³-hybridized carbons (Fsp3) is 0.571. The SMILES string of the molecule is Cc1cccc(S(=O)(=O)N2C3CCNCC2CC3)c1Br.Cl. The molecule has 4 nitrogen and oxygen atoms in total. The largest absolute Gasteiger partial charge is 0.315 e. The summed E-state index contributed by atoms with van der Waals surface area (Å²) in [6.07, 6.45) is 2.84. The van der Waals surface area contributed by atoms with Crippen LogP contribution in [0.4, 0.5) is 0 Å². The van der Waals surface area contributed by atoms with Crippen LogP contribution in [0.3, 0.4) is 0 Å². The van der Waals surface area contributed by atoms with Crippen LogP contribution < -0.4 is 5.32 Å². The Hall–Kier alpha value is -0.140. The fourth-order valence-electron chi connectivity index (χ4n) is 3.26. The van der Waals surface area contributed by atoms with Crippen molar-refractivity contribution in [3.05, 3.63) is 28.2 Å². The van der Waals surface area contributed by atoms with Gasteiger partial charge in [-0.25, -0.2) is 8.42 Å². The van der Waals surface area contributed by atoms with Crippen LogP contribution in [0.15, 0.2) is 27.6 Å². The third-order valence-electron chi connectivity index (χ3n) is 4.30. The fourth-order valence-corrected chi connectivity index (χ4v) is 6.18. The lowest BCUT2D eigenvalue weighted by Crippen LogP contribution is -2.42. The average Bonchev–Trinajstić information content (AvgIpc) is 2.66. The summed E-state index contributed by atoms with van der Waals surface area (Å²) >= 11 is 3.44. The van der Waals surface area contributed by atoms with Gasteiger partial charge in [0.2, 0.25) is 10.0 Å². The van der Waals surface area contributed by atoms with Gasteiger partial charge >= 0.3 is 0 Å². The average molecular weight is 396 g/mol. The van der Waals surface area contributed by atoms with Gasteiger partial charge in [-0.15, -0.1) is 12.4 Å². The minimum Gasteiger partial charge on any atom is -0.315 e. The molecule has 118 valence electrons. The lowest BCUT2D eigenvalue weighted by molar-refractivity contribution is 0.334. The monoisotopic (exact) mass is 394 g/mol. The number of rotatable bonds is 2. The summed E-state index contributed by atoms with van der Waals surface area (Å²) < 4.78 is 28.5. The Morgan fingerprint density at radius 2 is 1.95 bits per heavy atom. The summed E-state index contributed by atoms with van der Waals surface area (Å²) in [6.45, 7) is 3.59. The van der Waals surface area contributed by atoms with E-state index in [0.29, 0.717) is 9.37 Å². The molecule has 2 saturated heterocycles. The second kappa shape index (κ2) is 6.54. The number of aryl methyl sites for hydroxylation is 1. The van der Waals surface area contributed by atoms with E-state index in [1.54, 1.807) is 10.4 Å². The minimum atomic E-state index is -3.43. The number of hydrogen-bond donors (Lipinski definition) is 1. The highest BCUT2D eigenvalue weighted by atomic mass is 79.9. The van der Waals surface area contributed by atoms with Crippen molar-refractivity contribution in [2.75, 3.05) is 13.1 Å². The number of halogens is 2. The molecule has 0 saturated carbocycles. The van der Waals surface area contributed by atoms with Gasteiger partial charge in [0.1, 0.15) is 0 Å². The molecule has 0 amide bonds. The van der Waals surface area contributed by atoms with E-state index in [9.17, 15) is 8.42 Å². The highest BCUT2D eigenvalue weighted by Gasteiger charge is 2.43. The predicted molar refractivity (Wildman–Crippen MR) is 89.4 cm³/mol. The van der Waals surface area contributed by atoms with Crippen LogP contribution in [0.1, 0.15) is 24.8 Å². The Morgan fingerprint density at radius 3 is 2.71 bits per heavy atom. The molecule has 1 aromatic rings. The molecule has 1 N–H and O–H groups in total. The molecule has 0 spiro atoms. The van der Waals surface area contributed by atoms with Gasteiger partial charge in [-0.1, -0.05) is 12.1 Å². The molecule has 7 heteroatoms. The van der Waals surface area contributed by atoms with Crippen LogP contribution in [-0.4, -0.2) is 37.9 Å². The van der Waals surface area contributed by atoms with Crippen LogP contribution in [0.25, 0.3) is 0 Å². The van der Waals surface area contributed by atoms with Crippen molar-refractivity contribution in [2.24, 2.45) is 0 Å². The maximum Gasteiger partial charge on any atom is 0.244 e. The lowest BCUT2D eigenvalue weighted by atomic mass is 10.1. The Bertz CT molecular complexity index is 609. The van der Waals surface area contributed by atoms with Crippen molar-refractivity contribution in [3.63, 3.8) is 0 Å². The van der Waals surface area contributed by atoms with Crippen LogP contribution in [0.5, 0.6) is 0 Å². The van der Waals surface area contributed by atoms with Gasteiger partial charge in [-0.2, -0.15) is 4.31 Å². The first-order chi connectivity index (χ1) is 9.51. The highest BCUT2D eigenvalue weighted by molar-refractivity contribution is 9.10. The molecular formula is C14H20BrClN2O2S. The summed E-state index contributed by atoms with van der Waals surface area (Å²) in [7, 11) is -3.43. The van der Waals surface area contributed by atoms with E-state index in [-0.39, 0.29) is 24.5 Å². The van der Waals surface area contributed by atoms with Crippen molar-refractivity contribution in [3.8, 4) is 0 Å². The van der Waals surface area contributed by atoms with E-state index < -0.39 is 10.0 Å². The summed E-state index contributed by atoms with van der Waals surface area (Å²) in [5, 5.41) is 3.34. The summed E-state index contributed by atoms with van der Waals surface area (Å²) in [4.78, 5) is 0.399. The first-order valence-electron chi connectivity index (χ1n) is 7.01. The van der Waals surface area contributed by atoms with Gasteiger partial charge in [0, 0.05) is 23.1 Å². The van der Waals surface area contributed by atoms with Crippen LogP contribution in [-0.2, 0) is 10.0 Å². The molecule has 0 aromatic heterocycles. The van der Waals surface area contributed by atoms with Crippen LogP contribution in [0, 0.1) is 6.92 Å². The second-order valence-corrected chi connectivity index (χ2v) is 8.20. The molecule has 2 bridgehead atoms. The number of sulfonamides is 1. The Balaban J connectivity index is 0.00000161. The quantitative estimate of drug-likeness (QED) is 0.837. The highest BCUT2D eigenvalue weighted by Crippen LogP contribution is 2.36. The minimum absolute atomic E-state index is 0. The number of nitrogens with one attached hydrogen (secondary N) is 1. The molecular weight excluding hydrogens is 376 g/mol. The Kier molecular flexibility index (Phi) is 5.36. The molecule has 3 rings (SSSR count). The summed E-state index contributed by atoms with van der Waals surface area (Å²) in [5.74, 6) is 0. The second-order valence-electron chi connectivity index (χ2n) is 5.60. The van der Waals surface area contributed by atoms with Gasteiger partial charge in [-0.3, -0.25) is 0 Å². The number of fused-ring (bicyclic) bond motifs is 2. The van der Waals surface area contributed by atoms with Crippen molar-refractivity contribution in [1.29, 1.82) is 0 Å². The van der Waals surface area contributed by atoms with E-state index in [4.69, 9.17) is 0 Å². The summed E-state index contributed by atoms with van der Waals surface area (Å²) in [6, 6.07) is 5.67. The zero-order valence-electron chi connectivity index (χ0n) is 11.9. The van der Waals surface area contributed by atoms with E-state index in [1.807, 2.05) is 19.1 Å². The molecule has 0 aliphatic carbocycles. The third-order valence-corrected chi connectivity index (χ3v) is 7.66. The maximum absolute atomic E-state index is 13.0. The summed E-state index contributed by atoms with van der Waals surface area (Å²) in [5.41, 5.74) is 0.950. The van der Waals surface area contributed by atoms with Gasteiger partial charge in [-0.05, 0) is 60.3 Å². The molecule has 21 heavy (non-hydrogen) atoms. The molecule has 2 fully saturated rings. The van der Waals surface area contributed by atoms with Gasteiger partial charge < -0.3 is 5.32 Å². The standard InChI is InChI=1S/C14H19BrN2O2S.ClH/c1-10-3-2-4-13(14(10)15)20(18,19)17-11-5-6-12(17)9-16-8-7-11;/h2-4,11-12,16H,5-9H2,1H3;1H. The Labute approximate surface area is 140 Å². The van der Waals surface area contributed by atoms with Crippen molar-refractivity contribution < 1.29 is 8.42 Å². The number of hydrogen-bond acceptors (Lipinski definition) is 3. The first kappa shape index (κ1) is 17.2. The van der Waals surface area contributed by atoms with Crippen LogP contribution in [0.2, 0.25) is 0 Å². The molecule has 2 atom stereocenters. The van der Waals surface area contributed by atoms with Crippen molar-refractivity contribution in [2.45, 2.75) is 43.2 Å². The molecule has 0 radical (unpaired) electrons. The van der Waals surface area contributed by atoms with Crippen molar-refractivity contribution in [1.82, 2.24) is 9.62 Å². The maximum atomic E-state index is 13.0. The molecule has 1 aromatic carbocycles. The predicted octanol–water partition coefficient (Wildman–Crippen LogP) is 2.69. The third kappa shape index (κ3) is 3.01. The van der Waals surface area contributed by atoms with Gasteiger partial charge in [0.25, 0.3) is 0 Å². The normalized spacial score (nSPS) is 26.2. The molecule has 2 heterocycles. The Morgan fingerprint density at radius 1 is 1.24 bits per heavy atom. The number of benzene rings is 1.